The van der Waals surface area contributed by atoms with E-state index in [0.29, 0.717) is 19.4 Å². The van der Waals surface area contributed by atoms with Gasteiger partial charge in [-0.3, -0.25) is 4.79 Å². The van der Waals surface area contributed by atoms with E-state index in [-0.39, 0.29) is 13.2 Å². The van der Waals surface area contributed by atoms with Crippen molar-refractivity contribution in [3.05, 3.63) is 29.8 Å². The first kappa shape index (κ1) is 15.5. The summed E-state index contributed by atoms with van der Waals surface area (Å²) < 4.78 is 10.2. The molecular formula is C14H20O5. The van der Waals surface area contributed by atoms with E-state index < -0.39 is 11.9 Å². The van der Waals surface area contributed by atoms with Crippen LogP contribution in [0.4, 0.5) is 0 Å². The highest BCUT2D eigenvalue weighted by Crippen LogP contribution is 2.18. The number of carboxylic acid groups (broad SMARTS) is 1. The fourth-order valence-electron chi connectivity index (χ4n) is 1.79. The average molecular weight is 268 g/mol. The van der Waals surface area contributed by atoms with Gasteiger partial charge in [-0.1, -0.05) is 12.1 Å². The van der Waals surface area contributed by atoms with Crippen LogP contribution in [0.25, 0.3) is 0 Å². The monoisotopic (exact) mass is 268 g/mol. The highest BCUT2D eigenvalue weighted by atomic mass is 16.5. The van der Waals surface area contributed by atoms with Gasteiger partial charge in [0, 0.05) is 6.61 Å². The summed E-state index contributed by atoms with van der Waals surface area (Å²) in [4.78, 5) is 11.2. The molecule has 106 valence electrons. The van der Waals surface area contributed by atoms with E-state index in [4.69, 9.17) is 14.6 Å². The van der Waals surface area contributed by atoms with Gasteiger partial charge in [0.05, 0.1) is 26.2 Å². The highest BCUT2D eigenvalue weighted by molar-refractivity contribution is 5.70. The van der Waals surface area contributed by atoms with Crippen LogP contribution < -0.4 is 4.74 Å². The van der Waals surface area contributed by atoms with Gasteiger partial charge in [0.1, 0.15) is 5.75 Å². The number of methoxy groups -OCH3 is 1. The van der Waals surface area contributed by atoms with E-state index in [9.17, 15) is 9.90 Å². The lowest BCUT2D eigenvalue weighted by Crippen LogP contribution is -2.19. The molecular weight excluding hydrogens is 248 g/mol. The Hall–Kier alpha value is -1.59. The number of aliphatic hydroxyl groups is 1. The van der Waals surface area contributed by atoms with Crippen LogP contribution in [0.5, 0.6) is 5.75 Å². The van der Waals surface area contributed by atoms with Gasteiger partial charge in [-0.05, 0) is 30.5 Å². The number of rotatable bonds is 9. The van der Waals surface area contributed by atoms with Crippen molar-refractivity contribution in [2.24, 2.45) is 5.92 Å². The fraction of sp³-hybridized carbons (Fsp3) is 0.500. The minimum absolute atomic E-state index is 0.0480. The molecule has 1 rings (SSSR count). The largest absolute Gasteiger partial charge is 0.497 e. The third kappa shape index (κ3) is 5.72. The van der Waals surface area contributed by atoms with Crippen molar-refractivity contribution in [3.8, 4) is 5.75 Å². The molecule has 0 aliphatic carbocycles. The number of aliphatic hydroxyl groups excluding tert-OH is 1. The van der Waals surface area contributed by atoms with Crippen LogP contribution in [-0.4, -0.2) is 43.1 Å². The van der Waals surface area contributed by atoms with Gasteiger partial charge in [0.2, 0.25) is 0 Å². The molecule has 19 heavy (non-hydrogen) atoms. The molecule has 0 bridgehead atoms. The fourth-order valence-corrected chi connectivity index (χ4v) is 1.79. The molecule has 0 amide bonds. The minimum atomic E-state index is -0.838. The van der Waals surface area contributed by atoms with Gasteiger partial charge >= 0.3 is 5.97 Å². The lowest BCUT2D eigenvalue weighted by molar-refractivity contribution is -0.142. The predicted octanol–water partition coefficient (Wildman–Crippen LogP) is 1.34. The lowest BCUT2D eigenvalue weighted by Gasteiger charge is -2.13. The number of hydrogen-bond donors (Lipinski definition) is 2. The first-order chi connectivity index (χ1) is 9.17. The molecule has 0 heterocycles. The zero-order chi connectivity index (χ0) is 14.1. The summed E-state index contributed by atoms with van der Waals surface area (Å²) in [7, 11) is 1.58. The van der Waals surface area contributed by atoms with E-state index in [1.54, 1.807) is 7.11 Å². The van der Waals surface area contributed by atoms with E-state index in [2.05, 4.69) is 0 Å². The molecule has 2 N–H and O–H groups in total. The van der Waals surface area contributed by atoms with Crippen molar-refractivity contribution in [1.29, 1.82) is 0 Å². The van der Waals surface area contributed by atoms with E-state index in [1.165, 1.54) is 0 Å². The molecule has 0 aromatic heterocycles. The third-order valence-electron chi connectivity index (χ3n) is 2.81. The molecule has 0 saturated heterocycles. The number of benzene rings is 1. The molecule has 5 nitrogen and oxygen atoms in total. The van der Waals surface area contributed by atoms with Crippen LogP contribution in [-0.2, 0) is 16.0 Å². The summed E-state index contributed by atoms with van der Waals surface area (Å²) >= 11 is 0. The summed E-state index contributed by atoms with van der Waals surface area (Å²) in [6, 6.07) is 7.39. The first-order valence-electron chi connectivity index (χ1n) is 6.21. The number of aliphatic carboxylic acids is 1. The van der Waals surface area contributed by atoms with Gasteiger partial charge in [-0.15, -0.1) is 0 Å². The lowest BCUT2D eigenvalue weighted by atomic mass is 9.96. The summed E-state index contributed by atoms with van der Waals surface area (Å²) in [6.07, 6.45) is 0.863. The van der Waals surface area contributed by atoms with Gasteiger partial charge in [0.15, 0.2) is 0 Å². The minimum Gasteiger partial charge on any atom is -0.497 e. The molecule has 0 saturated carbocycles. The predicted molar refractivity (Wildman–Crippen MR) is 70.3 cm³/mol. The molecule has 1 atom stereocenters. The Morgan fingerprint density at radius 2 is 2.16 bits per heavy atom. The van der Waals surface area contributed by atoms with E-state index >= 15 is 0 Å². The van der Waals surface area contributed by atoms with Crippen molar-refractivity contribution >= 4 is 5.97 Å². The molecule has 5 heteroatoms. The van der Waals surface area contributed by atoms with Crippen LogP contribution >= 0.6 is 0 Å². The second kappa shape index (κ2) is 8.50. The van der Waals surface area contributed by atoms with Crippen LogP contribution in [0.3, 0.4) is 0 Å². The Bertz CT molecular complexity index is 391. The van der Waals surface area contributed by atoms with Crippen molar-refractivity contribution in [1.82, 2.24) is 0 Å². The smallest absolute Gasteiger partial charge is 0.306 e. The van der Waals surface area contributed by atoms with Crippen molar-refractivity contribution < 1.29 is 24.5 Å². The molecule has 0 radical (unpaired) electrons. The zero-order valence-electron chi connectivity index (χ0n) is 11.0. The molecule has 1 unspecified atom stereocenters. The number of hydrogen-bond acceptors (Lipinski definition) is 4. The molecule has 1 aromatic carbocycles. The normalized spacial score (nSPS) is 12.1. The molecule has 1 aromatic rings. The zero-order valence-corrected chi connectivity index (χ0v) is 11.0. The van der Waals surface area contributed by atoms with Crippen LogP contribution in [0.15, 0.2) is 24.3 Å². The second-order valence-corrected chi connectivity index (χ2v) is 4.22. The maximum Gasteiger partial charge on any atom is 0.306 e. The number of carboxylic acids is 1. The Kier molecular flexibility index (Phi) is 6.92. The Morgan fingerprint density at radius 1 is 1.37 bits per heavy atom. The van der Waals surface area contributed by atoms with Crippen LogP contribution in [0.1, 0.15) is 12.0 Å². The Morgan fingerprint density at radius 3 is 2.79 bits per heavy atom. The van der Waals surface area contributed by atoms with Gasteiger partial charge in [-0.25, -0.2) is 0 Å². The third-order valence-corrected chi connectivity index (χ3v) is 2.81. The molecule has 0 aliphatic rings. The number of carbonyl (C=O) groups is 1. The molecule has 0 aliphatic heterocycles. The summed E-state index contributed by atoms with van der Waals surface area (Å²) in [5, 5.41) is 17.8. The van der Waals surface area contributed by atoms with E-state index in [1.807, 2.05) is 24.3 Å². The quantitative estimate of drug-likeness (QED) is 0.661. The van der Waals surface area contributed by atoms with Gasteiger partial charge in [0.25, 0.3) is 0 Å². The number of ether oxygens (including phenoxy) is 2. The Labute approximate surface area is 112 Å². The average Bonchev–Trinajstić information content (AvgIpc) is 2.42. The van der Waals surface area contributed by atoms with Crippen molar-refractivity contribution in [2.75, 3.05) is 26.9 Å². The second-order valence-electron chi connectivity index (χ2n) is 4.22. The highest BCUT2D eigenvalue weighted by Gasteiger charge is 2.18. The summed E-state index contributed by atoms with van der Waals surface area (Å²) in [5.41, 5.74) is 0.925. The van der Waals surface area contributed by atoms with Crippen LogP contribution in [0.2, 0.25) is 0 Å². The van der Waals surface area contributed by atoms with Crippen LogP contribution in [0, 0.1) is 5.92 Å². The standard InChI is InChI=1S/C14H20O5/c1-18-13-4-2-3-11(10-13)9-12(14(16)17)5-7-19-8-6-15/h2-4,10,12,15H,5-9H2,1H3,(H,16,17). The topological polar surface area (TPSA) is 76.0 Å². The first-order valence-corrected chi connectivity index (χ1v) is 6.21. The van der Waals surface area contributed by atoms with Crippen molar-refractivity contribution in [2.45, 2.75) is 12.8 Å². The maximum absolute atomic E-state index is 11.2. The molecule has 0 fully saturated rings. The van der Waals surface area contributed by atoms with Gasteiger partial charge in [-0.2, -0.15) is 0 Å². The summed E-state index contributed by atoms with van der Waals surface area (Å²) in [5.74, 6) is -0.612. The van der Waals surface area contributed by atoms with Gasteiger partial charge < -0.3 is 19.7 Å². The van der Waals surface area contributed by atoms with Crippen molar-refractivity contribution in [3.63, 3.8) is 0 Å². The van der Waals surface area contributed by atoms with E-state index in [0.717, 1.165) is 11.3 Å². The summed E-state index contributed by atoms with van der Waals surface area (Å²) in [6.45, 7) is 0.528. The SMILES string of the molecule is COc1cccc(CC(CCOCCO)C(=O)O)c1. The Balaban J connectivity index is 2.54. The maximum atomic E-state index is 11.2. The molecule has 0 spiro atoms.